The van der Waals surface area contributed by atoms with Gasteiger partial charge in [-0.15, -0.1) is 11.3 Å². The van der Waals surface area contributed by atoms with Gasteiger partial charge in [-0.05, 0) is 46.8 Å². The highest BCUT2D eigenvalue weighted by molar-refractivity contribution is 7.13. The molecule has 0 atom stereocenters. The fraction of sp³-hybridized carbons (Fsp3) is 0.0870. The standard InChI is InChI=1S/C23H16F2N2S/c24-17-6-1-4-15(12-17)23(16-5-2-7-18(25)13-16)10-9-19-20(14-23)26-27-22(19)21-8-3-11-28-21/h1-13H,14H2,(H,26,27). The van der Waals surface area contributed by atoms with Gasteiger partial charge in [0.2, 0.25) is 0 Å². The number of nitrogens with zero attached hydrogens (tertiary/aromatic N) is 1. The molecule has 1 aliphatic rings. The number of aromatic amines is 1. The van der Waals surface area contributed by atoms with Crippen LogP contribution in [-0.2, 0) is 11.8 Å². The van der Waals surface area contributed by atoms with Crippen LogP contribution in [0.15, 0.2) is 72.1 Å². The van der Waals surface area contributed by atoms with Gasteiger partial charge < -0.3 is 0 Å². The third kappa shape index (κ3) is 2.70. The quantitative estimate of drug-likeness (QED) is 0.459. The highest BCUT2D eigenvalue weighted by Crippen LogP contribution is 2.43. The first-order valence-corrected chi connectivity index (χ1v) is 9.86. The molecule has 0 saturated heterocycles. The summed E-state index contributed by atoms with van der Waals surface area (Å²) in [6, 6.07) is 17.1. The van der Waals surface area contributed by atoms with Crippen LogP contribution in [-0.4, -0.2) is 10.2 Å². The molecule has 0 radical (unpaired) electrons. The molecule has 1 aliphatic carbocycles. The number of hydrogen-bond acceptors (Lipinski definition) is 2. The molecule has 0 amide bonds. The molecule has 2 nitrogen and oxygen atoms in total. The first-order chi connectivity index (χ1) is 13.7. The second-order valence-electron chi connectivity index (χ2n) is 6.94. The van der Waals surface area contributed by atoms with Crippen molar-refractivity contribution < 1.29 is 8.78 Å². The molecule has 0 unspecified atom stereocenters. The van der Waals surface area contributed by atoms with Gasteiger partial charge in [-0.1, -0.05) is 42.5 Å². The molecule has 0 spiro atoms. The Bertz CT molecular complexity index is 1130. The average Bonchev–Trinajstić information content (AvgIpc) is 3.37. The summed E-state index contributed by atoms with van der Waals surface area (Å²) in [5, 5.41) is 9.69. The zero-order valence-electron chi connectivity index (χ0n) is 14.8. The van der Waals surface area contributed by atoms with Gasteiger partial charge in [-0.25, -0.2) is 8.78 Å². The van der Waals surface area contributed by atoms with E-state index >= 15 is 0 Å². The van der Waals surface area contributed by atoms with E-state index in [0.717, 1.165) is 33.0 Å². The van der Waals surface area contributed by atoms with Crippen molar-refractivity contribution in [3.05, 3.63) is 106 Å². The Morgan fingerprint density at radius 2 is 1.64 bits per heavy atom. The van der Waals surface area contributed by atoms with E-state index in [4.69, 9.17) is 0 Å². The fourth-order valence-electron chi connectivity index (χ4n) is 3.96. The number of thiophene rings is 1. The minimum atomic E-state index is -0.670. The maximum Gasteiger partial charge on any atom is 0.123 e. The summed E-state index contributed by atoms with van der Waals surface area (Å²) in [6.07, 6.45) is 4.61. The Morgan fingerprint density at radius 1 is 0.929 bits per heavy atom. The van der Waals surface area contributed by atoms with Crippen LogP contribution in [0.2, 0.25) is 0 Å². The second-order valence-corrected chi connectivity index (χ2v) is 7.89. The maximum absolute atomic E-state index is 14.1. The van der Waals surface area contributed by atoms with Gasteiger partial charge in [0, 0.05) is 23.1 Å². The van der Waals surface area contributed by atoms with Crippen LogP contribution >= 0.6 is 11.3 Å². The van der Waals surface area contributed by atoms with E-state index in [1.807, 2.05) is 41.8 Å². The van der Waals surface area contributed by atoms with Crippen molar-refractivity contribution in [3.8, 4) is 10.6 Å². The average molecular weight is 390 g/mol. The number of allylic oxidation sites excluding steroid dienone is 1. The number of rotatable bonds is 3. The van der Waals surface area contributed by atoms with Crippen molar-refractivity contribution in [3.63, 3.8) is 0 Å². The minimum absolute atomic E-state index is 0.309. The molecule has 1 N–H and O–H groups in total. The number of nitrogens with one attached hydrogen (secondary N) is 1. The molecular weight excluding hydrogens is 374 g/mol. The molecule has 0 aliphatic heterocycles. The van der Waals surface area contributed by atoms with Gasteiger partial charge in [-0.3, -0.25) is 5.10 Å². The van der Waals surface area contributed by atoms with E-state index in [2.05, 4.69) is 10.2 Å². The monoisotopic (exact) mass is 390 g/mol. The first-order valence-electron chi connectivity index (χ1n) is 8.98. The summed E-state index contributed by atoms with van der Waals surface area (Å²) >= 11 is 1.63. The Labute approximate surface area is 165 Å². The summed E-state index contributed by atoms with van der Waals surface area (Å²) in [5.41, 5.74) is 3.80. The van der Waals surface area contributed by atoms with Gasteiger partial charge in [0.15, 0.2) is 0 Å². The van der Waals surface area contributed by atoms with E-state index < -0.39 is 5.41 Å². The van der Waals surface area contributed by atoms with Crippen LogP contribution in [0.25, 0.3) is 16.6 Å². The van der Waals surface area contributed by atoms with Crippen LogP contribution < -0.4 is 0 Å². The van der Waals surface area contributed by atoms with Crippen LogP contribution in [0.3, 0.4) is 0 Å². The Morgan fingerprint density at radius 3 is 2.25 bits per heavy atom. The largest absolute Gasteiger partial charge is 0.281 e. The van der Waals surface area contributed by atoms with E-state index in [1.54, 1.807) is 23.5 Å². The number of aromatic nitrogens is 2. The Kier molecular flexibility index (Phi) is 3.98. The number of halogens is 2. The highest BCUT2D eigenvalue weighted by atomic mass is 32.1. The third-order valence-electron chi connectivity index (χ3n) is 5.31. The van der Waals surface area contributed by atoms with Gasteiger partial charge >= 0.3 is 0 Å². The molecule has 28 heavy (non-hydrogen) atoms. The zero-order valence-corrected chi connectivity index (χ0v) is 15.6. The normalized spacial score (nSPS) is 14.8. The van der Waals surface area contributed by atoms with Crippen molar-refractivity contribution in [1.82, 2.24) is 10.2 Å². The van der Waals surface area contributed by atoms with Crippen molar-refractivity contribution in [1.29, 1.82) is 0 Å². The Hall–Kier alpha value is -3.05. The lowest BCUT2D eigenvalue weighted by atomic mass is 9.68. The number of H-pyrrole nitrogens is 1. The molecule has 138 valence electrons. The first kappa shape index (κ1) is 17.1. The van der Waals surface area contributed by atoms with E-state index in [1.165, 1.54) is 24.3 Å². The topological polar surface area (TPSA) is 28.7 Å². The van der Waals surface area contributed by atoms with Crippen molar-refractivity contribution >= 4 is 17.4 Å². The van der Waals surface area contributed by atoms with Crippen molar-refractivity contribution in [2.45, 2.75) is 11.8 Å². The lowest BCUT2D eigenvalue weighted by molar-refractivity contribution is 0.582. The summed E-state index contributed by atoms with van der Waals surface area (Å²) in [5.74, 6) is -0.618. The van der Waals surface area contributed by atoms with Crippen LogP contribution in [0.4, 0.5) is 8.78 Å². The van der Waals surface area contributed by atoms with Crippen LogP contribution in [0, 0.1) is 11.6 Å². The lowest BCUT2D eigenvalue weighted by Crippen LogP contribution is -2.30. The maximum atomic E-state index is 14.1. The highest BCUT2D eigenvalue weighted by Gasteiger charge is 2.37. The van der Waals surface area contributed by atoms with Gasteiger partial charge in [0.1, 0.15) is 17.3 Å². The minimum Gasteiger partial charge on any atom is -0.281 e. The molecule has 0 bridgehead atoms. The summed E-state index contributed by atoms with van der Waals surface area (Å²) in [6.45, 7) is 0. The van der Waals surface area contributed by atoms with Gasteiger partial charge in [0.25, 0.3) is 0 Å². The van der Waals surface area contributed by atoms with Crippen molar-refractivity contribution in [2.24, 2.45) is 0 Å². The molecule has 2 aromatic heterocycles. The molecule has 4 aromatic rings. The zero-order chi connectivity index (χ0) is 19.1. The smallest absolute Gasteiger partial charge is 0.123 e. The van der Waals surface area contributed by atoms with E-state index in [-0.39, 0.29) is 11.6 Å². The van der Waals surface area contributed by atoms with Crippen LogP contribution in [0.5, 0.6) is 0 Å². The molecule has 5 heteroatoms. The molecule has 2 heterocycles. The molecular formula is C23H16F2N2S. The SMILES string of the molecule is Fc1cccc(C2(c3cccc(F)c3)C=Cc3c(-c4cccs4)n[nH]c3C2)c1. The molecule has 0 saturated carbocycles. The third-order valence-corrected chi connectivity index (χ3v) is 6.18. The van der Waals surface area contributed by atoms with Crippen molar-refractivity contribution in [2.75, 3.05) is 0 Å². The predicted octanol–water partition coefficient (Wildman–Crippen LogP) is 5.97. The number of benzene rings is 2. The van der Waals surface area contributed by atoms with Gasteiger partial charge in [0.05, 0.1) is 4.88 Å². The fourth-order valence-corrected chi connectivity index (χ4v) is 4.69. The van der Waals surface area contributed by atoms with Gasteiger partial charge in [-0.2, -0.15) is 5.10 Å². The summed E-state index contributed by atoms with van der Waals surface area (Å²) < 4.78 is 28.1. The van der Waals surface area contributed by atoms with E-state index in [0.29, 0.717) is 6.42 Å². The summed E-state index contributed by atoms with van der Waals surface area (Å²) in [7, 11) is 0. The lowest BCUT2D eigenvalue weighted by Gasteiger charge is -2.34. The molecule has 5 rings (SSSR count). The predicted molar refractivity (Wildman–Crippen MR) is 108 cm³/mol. The summed E-state index contributed by atoms with van der Waals surface area (Å²) in [4.78, 5) is 1.09. The molecule has 2 aromatic carbocycles. The number of hydrogen-bond donors (Lipinski definition) is 1. The van der Waals surface area contributed by atoms with E-state index in [9.17, 15) is 8.78 Å². The molecule has 0 fully saturated rings. The second kappa shape index (κ2) is 6.53. The number of fused-ring (bicyclic) bond motifs is 1. The Balaban J connectivity index is 1.69. The van der Waals surface area contributed by atoms with Crippen LogP contribution in [0.1, 0.15) is 22.4 Å².